The van der Waals surface area contributed by atoms with Crippen LogP contribution in [0.2, 0.25) is 5.02 Å². The summed E-state index contributed by atoms with van der Waals surface area (Å²) in [5.41, 5.74) is 2.11. The summed E-state index contributed by atoms with van der Waals surface area (Å²) in [6.45, 7) is 1.98. The van der Waals surface area contributed by atoms with Gasteiger partial charge in [-0.05, 0) is 30.1 Å². The van der Waals surface area contributed by atoms with E-state index in [1.54, 1.807) is 0 Å². The zero-order valence-electron chi connectivity index (χ0n) is 7.29. The molecule has 5 heteroatoms. The van der Waals surface area contributed by atoms with Crippen LogP contribution >= 0.6 is 45.7 Å². The van der Waals surface area contributed by atoms with Crippen LogP contribution in [0.5, 0.6) is 0 Å². The molecule has 0 spiro atoms. The third-order valence-corrected chi connectivity index (χ3v) is 3.80. The van der Waals surface area contributed by atoms with Crippen molar-refractivity contribution >= 4 is 45.7 Å². The van der Waals surface area contributed by atoms with Crippen LogP contribution in [0.25, 0.3) is 10.6 Å². The highest BCUT2D eigenvalue weighted by Crippen LogP contribution is 2.26. The molecule has 0 radical (unpaired) electrons. The van der Waals surface area contributed by atoms with E-state index in [2.05, 4.69) is 31.9 Å². The highest BCUT2D eigenvalue weighted by atomic mass is 127. The van der Waals surface area contributed by atoms with Gasteiger partial charge in [-0.2, -0.15) is 4.37 Å². The fourth-order valence-electron chi connectivity index (χ4n) is 1.05. The van der Waals surface area contributed by atoms with Crippen LogP contribution in [-0.2, 0) is 0 Å². The van der Waals surface area contributed by atoms with Gasteiger partial charge in [0.15, 0.2) is 0 Å². The Bertz CT molecular complexity index is 470. The molecule has 0 unspecified atom stereocenters. The molecule has 14 heavy (non-hydrogen) atoms. The zero-order chi connectivity index (χ0) is 10.1. The number of hydrogen-bond acceptors (Lipinski definition) is 3. The first kappa shape index (κ1) is 10.3. The maximum absolute atomic E-state index is 6.03. The number of nitrogens with zero attached hydrogens (tertiary/aromatic N) is 2. The number of aromatic nitrogens is 2. The van der Waals surface area contributed by atoms with E-state index in [1.807, 2.05) is 25.1 Å². The first-order valence-corrected chi connectivity index (χ1v) is 6.15. The van der Waals surface area contributed by atoms with E-state index in [0.29, 0.717) is 0 Å². The first-order chi connectivity index (χ1) is 6.66. The maximum atomic E-state index is 6.03. The monoisotopic (exact) mass is 336 g/mol. The van der Waals surface area contributed by atoms with Crippen molar-refractivity contribution in [3.05, 3.63) is 32.6 Å². The van der Waals surface area contributed by atoms with Gasteiger partial charge in [0, 0.05) is 33.2 Å². The number of aryl methyl sites for hydroxylation is 1. The van der Waals surface area contributed by atoms with E-state index in [0.717, 1.165) is 25.0 Å². The second-order valence-electron chi connectivity index (χ2n) is 2.83. The molecule has 72 valence electrons. The average Bonchev–Trinajstić information content (AvgIpc) is 2.57. The molecule has 0 aliphatic heterocycles. The first-order valence-electron chi connectivity index (χ1n) is 3.92. The molecule has 1 aromatic carbocycles. The van der Waals surface area contributed by atoms with Gasteiger partial charge >= 0.3 is 0 Å². The average molecular weight is 337 g/mol. The van der Waals surface area contributed by atoms with Gasteiger partial charge in [-0.15, -0.1) is 0 Å². The smallest absolute Gasteiger partial charge is 0.203 e. The Hall–Kier alpha value is -0.200. The second kappa shape index (κ2) is 4.12. The number of rotatable bonds is 1. The third-order valence-electron chi connectivity index (χ3n) is 1.82. The van der Waals surface area contributed by atoms with Gasteiger partial charge in [0.05, 0.1) is 0 Å². The van der Waals surface area contributed by atoms with Crippen molar-refractivity contribution in [1.82, 2.24) is 9.36 Å². The molecule has 2 nitrogen and oxygen atoms in total. The van der Waals surface area contributed by atoms with Crippen LogP contribution in [0.1, 0.15) is 5.56 Å². The normalized spacial score (nSPS) is 10.5. The molecule has 2 aromatic rings. The van der Waals surface area contributed by atoms with Crippen molar-refractivity contribution in [1.29, 1.82) is 0 Å². The molecule has 0 saturated heterocycles. The van der Waals surface area contributed by atoms with E-state index in [1.165, 1.54) is 11.5 Å². The van der Waals surface area contributed by atoms with Crippen molar-refractivity contribution in [2.24, 2.45) is 0 Å². The zero-order valence-corrected chi connectivity index (χ0v) is 11.0. The Morgan fingerprint density at radius 2 is 2.21 bits per heavy atom. The van der Waals surface area contributed by atoms with E-state index in [9.17, 15) is 0 Å². The fourth-order valence-corrected chi connectivity index (χ4v) is 2.49. The number of benzene rings is 1. The lowest BCUT2D eigenvalue weighted by atomic mass is 10.2. The second-order valence-corrected chi connectivity index (χ2v) is 4.96. The molecule has 0 fully saturated rings. The summed E-state index contributed by atoms with van der Waals surface area (Å²) in [4.78, 5) is 4.29. The molecule has 2 rings (SSSR count). The Labute approximate surface area is 105 Å². The predicted molar refractivity (Wildman–Crippen MR) is 67.8 cm³/mol. The molecular formula is C9H6ClIN2S. The van der Waals surface area contributed by atoms with Crippen molar-refractivity contribution in [2.75, 3.05) is 0 Å². The summed E-state index contributed by atoms with van der Waals surface area (Å²) in [6, 6.07) is 5.93. The lowest BCUT2D eigenvalue weighted by Gasteiger charge is -1.99. The number of hydrogen-bond donors (Lipinski definition) is 0. The SMILES string of the molecule is Cc1ccc(-c2nc(I)ns2)cc1Cl. The molecule has 0 aliphatic rings. The summed E-state index contributed by atoms with van der Waals surface area (Å²) >= 11 is 9.51. The summed E-state index contributed by atoms with van der Waals surface area (Å²) in [5, 5.41) is 1.68. The van der Waals surface area contributed by atoms with Crippen LogP contribution in [0.15, 0.2) is 18.2 Å². The van der Waals surface area contributed by atoms with Crippen molar-refractivity contribution < 1.29 is 0 Å². The van der Waals surface area contributed by atoms with Gasteiger partial charge in [0.25, 0.3) is 0 Å². The maximum Gasteiger partial charge on any atom is 0.203 e. The van der Waals surface area contributed by atoms with Crippen LogP contribution in [0, 0.1) is 10.8 Å². The van der Waals surface area contributed by atoms with Gasteiger partial charge in [-0.3, -0.25) is 0 Å². The Morgan fingerprint density at radius 3 is 2.79 bits per heavy atom. The fraction of sp³-hybridized carbons (Fsp3) is 0.111. The molecule has 1 heterocycles. The van der Waals surface area contributed by atoms with E-state index < -0.39 is 0 Å². The summed E-state index contributed by atoms with van der Waals surface area (Å²) < 4.78 is 4.90. The van der Waals surface area contributed by atoms with Crippen LogP contribution in [-0.4, -0.2) is 9.36 Å². The van der Waals surface area contributed by atoms with E-state index in [-0.39, 0.29) is 0 Å². The molecule has 0 amide bonds. The minimum absolute atomic E-state index is 0.771. The van der Waals surface area contributed by atoms with E-state index in [4.69, 9.17) is 11.6 Å². The highest BCUT2D eigenvalue weighted by Gasteiger charge is 2.05. The molecule has 0 aliphatic carbocycles. The van der Waals surface area contributed by atoms with Gasteiger partial charge in [-0.1, -0.05) is 23.7 Å². The predicted octanol–water partition coefficient (Wildman–Crippen LogP) is 3.77. The summed E-state index contributed by atoms with van der Waals surface area (Å²) in [5.74, 6) is 0. The highest BCUT2D eigenvalue weighted by molar-refractivity contribution is 14.1. The Morgan fingerprint density at radius 1 is 1.43 bits per heavy atom. The van der Waals surface area contributed by atoms with Crippen LogP contribution < -0.4 is 0 Å². The summed E-state index contributed by atoms with van der Waals surface area (Å²) in [6.07, 6.45) is 0. The van der Waals surface area contributed by atoms with Crippen LogP contribution in [0.4, 0.5) is 0 Å². The minimum Gasteiger partial charge on any atom is -0.210 e. The molecule has 0 bridgehead atoms. The van der Waals surface area contributed by atoms with Gasteiger partial charge in [0.2, 0.25) is 3.83 Å². The minimum atomic E-state index is 0.771. The van der Waals surface area contributed by atoms with Crippen molar-refractivity contribution in [3.8, 4) is 10.6 Å². The number of halogens is 2. The van der Waals surface area contributed by atoms with Crippen LogP contribution in [0.3, 0.4) is 0 Å². The lowest BCUT2D eigenvalue weighted by Crippen LogP contribution is -1.79. The standard InChI is InChI=1S/C9H6ClIN2S/c1-5-2-3-6(4-7(5)10)8-12-9(11)13-14-8/h2-4H,1H3. The van der Waals surface area contributed by atoms with E-state index >= 15 is 0 Å². The quantitative estimate of drug-likeness (QED) is 0.741. The molecule has 0 atom stereocenters. The lowest BCUT2D eigenvalue weighted by molar-refractivity contribution is 1.25. The molecule has 0 saturated carbocycles. The molecular weight excluding hydrogens is 331 g/mol. The van der Waals surface area contributed by atoms with Gasteiger partial charge in [0.1, 0.15) is 5.01 Å². The summed E-state index contributed by atoms with van der Waals surface area (Å²) in [7, 11) is 0. The largest absolute Gasteiger partial charge is 0.210 e. The van der Waals surface area contributed by atoms with Crippen molar-refractivity contribution in [2.45, 2.75) is 6.92 Å². The molecule has 1 aromatic heterocycles. The molecule has 0 N–H and O–H groups in total. The third kappa shape index (κ3) is 2.07. The van der Waals surface area contributed by atoms with Crippen molar-refractivity contribution in [3.63, 3.8) is 0 Å². The van der Waals surface area contributed by atoms with Gasteiger partial charge < -0.3 is 0 Å². The Balaban J connectivity index is 2.47. The Kier molecular flexibility index (Phi) is 3.04. The topological polar surface area (TPSA) is 25.8 Å². The van der Waals surface area contributed by atoms with Gasteiger partial charge in [-0.25, -0.2) is 4.98 Å².